The summed E-state index contributed by atoms with van der Waals surface area (Å²) in [7, 11) is 0. The minimum Gasteiger partial charge on any atom is -0.444 e. The van der Waals surface area contributed by atoms with Crippen LogP contribution >= 0.6 is 0 Å². The zero-order valence-corrected chi connectivity index (χ0v) is 14.5. The second kappa shape index (κ2) is 8.79. The van der Waals surface area contributed by atoms with Crippen molar-refractivity contribution in [2.24, 2.45) is 5.92 Å². The Labute approximate surface area is 134 Å². The average Bonchev–Trinajstić information content (AvgIpc) is 2.41. The number of amides is 1. The second-order valence-corrected chi connectivity index (χ2v) is 7.00. The van der Waals surface area contributed by atoms with E-state index < -0.39 is 5.60 Å². The van der Waals surface area contributed by atoms with Crippen LogP contribution in [0.4, 0.5) is 4.79 Å². The van der Waals surface area contributed by atoms with Gasteiger partial charge in [0.15, 0.2) is 0 Å². The van der Waals surface area contributed by atoms with Gasteiger partial charge in [-0.1, -0.05) is 44.2 Å². The highest BCUT2D eigenvalue weighted by Crippen LogP contribution is 2.17. The second-order valence-electron chi connectivity index (χ2n) is 7.00. The lowest BCUT2D eigenvalue weighted by molar-refractivity contribution is 0.0501. The monoisotopic (exact) mass is 306 g/mol. The summed E-state index contributed by atoms with van der Waals surface area (Å²) in [6, 6.07) is 9.97. The zero-order valence-electron chi connectivity index (χ0n) is 14.5. The molecule has 4 heteroatoms. The highest BCUT2D eigenvalue weighted by Gasteiger charge is 2.20. The predicted molar refractivity (Wildman–Crippen MR) is 90.9 cm³/mol. The molecule has 0 saturated heterocycles. The molecule has 0 bridgehead atoms. The van der Waals surface area contributed by atoms with Gasteiger partial charge in [-0.05, 0) is 51.8 Å². The van der Waals surface area contributed by atoms with E-state index in [4.69, 9.17) is 4.74 Å². The SMILES string of the molecule is CC(C)CNCCC(NC(=O)OC(C)(C)C)c1ccccc1. The van der Waals surface area contributed by atoms with Crippen molar-refractivity contribution in [3.63, 3.8) is 0 Å². The molecule has 0 radical (unpaired) electrons. The van der Waals surface area contributed by atoms with Crippen molar-refractivity contribution in [2.75, 3.05) is 13.1 Å². The molecule has 0 aromatic heterocycles. The molecule has 1 aromatic rings. The largest absolute Gasteiger partial charge is 0.444 e. The summed E-state index contributed by atoms with van der Waals surface area (Å²) in [6.07, 6.45) is 0.459. The van der Waals surface area contributed by atoms with Gasteiger partial charge in [0.2, 0.25) is 0 Å². The van der Waals surface area contributed by atoms with Crippen LogP contribution in [0, 0.1) is 5.92 Å². The Hall–Kier alpha value is -1.55. The van der Waals surface area contributed by atoms with Crippen LogP contribution in [0.15, 0.2) is 30.3 Å². The molecule has 1 unspecified atom stereocenters. The van der Waals surface area contributed by atoms with Crippen LogP contribution in [0.25, 0.3) is 0 Å². The first kappa shape index (κ1) is 18.5. The summed E-state index contributed by atoms with van der Waals surface area (Å²) in [6.45, 7) is 11.8. The maximum Gasteiger partial charge on any atom is 0.408 e. The maximum atomic E-state index is 12.0. The Morgan fingerprint density at radius 3 is 2.36 bits per heavy atom. The summed E-state index contributed by atoms with van der Waals surface area (Å²) in [5.41, 5.74) is 0.612. The number of carbonyl (C=O) groups excluding carboxylic acids is 1. The van der Waals surface area contributed by atoms with Crippen molar-refractivity contribution < 1.29 is 9.53 Å². The Morgan fingerprint density at radius 2 is 1.82 bits per heavy atom. The van der Waals surface area contributed by atoms with Gasteiger partial charge in [-0.25, -0.2) is 4.79 Å². The van der Waals surface area contributed by atoms with Gasteiger partial charge in [0.1, 0.15) is 5.60 Å². The molecule has 124 valence electrons. The van der Waals surface area contributed by atoms with Crippen molar-refractivity contribution in [1.82, 2.24) is 10.6 Å². The molecule has 1 atom stereocenters. The van der Waals surface area contributed by atoms with Crippen LogP contribution in [-0.4, -0.2) is 24.8 Å². The van der Waals surface area contributed by atoms with Crippen LogP contribution < -0.4 is 10.6 Å². The number of nitrogens with one attached hydrogen (secondary N) is 2. The quantitative estimate of drug-likeness (QED) is 0.751. The van der Waals surface area contributed by atoms with Gasteiger partial charge in [-0.2, -0.15) is 0 Å². The Bertz CT molecular complexity index is 438. The van der Waals surface area contributed by atoms with E-state index in [9.17, 15) is 4.79 Å². The van der Waals surface area contributed by atoms with Gasteiger partial charge < -0.3 is 15.4 Å². The molecule has 2 N–H and O–H groups in total. The third-order valence-corrected chi connectivity index (χ3v) is 3.06. The van der Waals surface area contributed by atoms with Crippen molar-refractivity contribution in [2.45, 2.75) is 52.7 Å². The predicted octanol–water partition coefficient (Wildman–Crippen LogP) is 3.89. The highest BCUT2D eigenvalue weighted by molar-refractivity contribution is 5.68. The molecule has 0 heterocycles. The molecule has 0 spiro atoms. The number of alkyl carbamates (subject to hydrolysis) is 1. The first-order chi connectivity index (χ1) is 10.3. The number of carbonyl (C=O) groups is 1. The number of benzene rings is 1. The molecule has 0 saturated carbocycles. The molecular formula is C18H30N2O2. The molecule has 0 aliphatic heterocycles. The maximum absolute atomic E-state index is 12.0. The van der Waals surface area contributed by atoms with Crippen molar-refractivity contribution in [3.8, 4) is 0 Å². The molecule has 0 aliphatic carbocycles. The van der Waals surface area contributed by atoms with Crippen LogP contribution in [0.5, 0.6) is 0 Å². The van der Waals surface area contributed by atoms with Gasteiger partial charge in [0.25, 0.3) is 0 Å². The standard InChI is InChI=1S/C18H30N2O2/c1-14(2)13-19-12-11-16(15-9-7-6-8-10-15)20-17(21)22-18(3,4)5/h6-10,14,16,19H,11-13H2,1-5H3,(H,20,21). The van der Waals surface area contributed by atoms with Crippen LogP contribution in [-0.2, 0) is 4.74 Å². The number of hydrogen-bond acceptors (Lipinski definition) is 3. The third-order valence-electron chi connectivity index (χ3n) is 3.06. The van der Waals surface area contributed by atoms with E-state index in [0.29, 0.717) is 5.92 Å². The Balaban J connectivity index is 2.61. The average molecular weight is 306 g/mol. The molecular weight excluding hydrogens is 276 g/mol. The Morgan fingerprint density at radius 1 is 1.18 bits per heavy atom. The Kier molecular flexibility index (Phi) is 7.39. The first-order valence-corrected chi connectivity index (χ1v) is 8.03. The van der Waals surface area contributed by atoms with Crippen LogP contribution in [0.3, 0.4) is 0 Å². The molecule has 22 heavy (non-hydrogen) atoms. The third kappa shape index (κ3) is 8.03. The van der Waals surface area contributed by atoms with Crippen molar-refractivity contribution in [3.05, 3.63) is 35.9 Å². The lowest BCUT2D eigenvalue weighted by atomic mass is 10.0. The number of hydrogen-bond donors (Lipinski definition) is 2. The van der Waals surface area contributed by atoms with Gasteiger partial charge in [-0.15, -0.1) is 0 Å². The zero-order chi connectivity index (χ0) is 16.6. The molecule has 1 rings (SSSR count). The van der Waals surface area contributed by atoms with Gasteiger partial charge in [-0.3, -0.25) is 0 Å². The minimum atomic E-state index is -0.485. The first-order valence-electron chi connectivity index (χ1n) is 8.03. The fourth-order valence-electron chi connectivity index (χ4n) is 2.09. The molecule has 1 aromatic carbocycles. The van der Waals surface area contributed by atoms with Gasteiger partial charge >= 0.3 is 6.09 Å². The van der Waals surface area contributed by atoms with Crippen molar-refractivity contribution >= 4 is 6.09 Å². The number of rotatable bonds is 7. The fraction of sp³-hybridized carbons (Fsp3) is 0.611. The summed E-state index contributed by atoms with van der Waals surface area (Å²) in [5, 5.41) is 6.39. The van der Waals surface area contributed by atoms with E-state index in [0.717, 1.165) is 25.1 Å². The van der Waals surface area contributed by atoms with E-state index in [1.165, 1.54) is 0 Å². The fourth-order valence-corrected chi connectivity index (χ4v) is 2.09. The molecule has 0 fully saturated rings. The van der Waals surface area contributed by atoms with E-state index in [1.54, 1.807) is 0 Å². The minimum absolute atomic E-state index is 0.0456. The summed E-state index contributed by atoms with van der Waals surface area (Å²) >= 11 is 0. The summed E-state index contributed by atoms with van der Waals surface area (Å²) < 4.78 is 5.36. The van der Waals surface area contributed by atoms with E-state index >= 15 is 0 Å². The van der Waals surface area contributed by atoms with E-state index in [2.05, 4.69) is 24.5 Å². The number of ether oxygens (including phenoxy) is 1. The van der Waals surface area contributed by atoms with E-state index in [-0.39, 0.29) is 12.1 Å². The summed E-state index contributed by atoms with van der Waals surface area (Å²) in [4.78, 5) is 12.0. The van der Waals surface area contributed by atoms with Gasteiger partial charge in [0, 0.05) is 0 Å². The summed E-state index contributed by atoms with van der Waals surface area (Å²) in [5.74, 6) is 0.619. The lowest BCUT2D eigenvalue weighted by Gasteiger charge is -2.24. The lowest BCUT2D eigenvalue weighted by Crippen LogP contribution is -2.36. The normalized spacial score (nSPS) is 13.0. The van der Waals surface area contributed by atoms with Gasteiger partial charge in [0.05, 0.1) is 6.04 Å². The topological polar surface area (TPSA) is 50.4 Å². The molecule has 1 amide bonds. The van der Waals surface area contributed by atoms with Crippen LogP contribution in [0.2, 0.25) is 0 Å². The smallest absolute Gasteiger partial charge is 0.408 e. The highest BCUT2D eigenvalue weighted by atomic mass is 16.6. The van der Waals surface area contributed by atoms with Crippen LogP contribution in [0.1, 0.15) is 52.6 Å². The van der Waals surface area contributed by atoms with E-state index in [1.807, 2.05) is 51.1 Å². The molecule has 4 nitrogen and oxygen atoms in total. The molecule has 0 aliphatic rings. The van der Waals surface area contributed by atoms with Crippen molar-refractivity contribution in [1.29, 1.82) is 0 Å².